The van der Waals surface area contributed by atoms with Crippen LogP contribution in [0, 0.1) is 28.6 Å². The summed E-state index contributed by atoms with van der Waals surface area (Å²) in [4.78, 5) is 11.3. The fraction of sp³-hybridized carbons (Fsp3) is 0.333. The number of methoxy groups -OCH3 is 1. The lowest BCUT2D eigenvalue weighted by molar-refractivity contribution is 0.0600. The molecule has 0 amide bonds. The van der Waals surface area contributed by atoms with Crippen LogP contribution in [0.5, 0.6) is 0 Å². The lowest BCUT2D eigenvalue weighted by atomic mass is 10.0. The largest absolute Gasteiger partial charge is 0.465 e. The van der Waals surface area contributed by atoms with E-state index < -0.39 is 17.9 Å². The Morgan fingerprint density at radius 3 is 2.83 bits per heavy atom. The minimum Gasteiger partial charge on any atom is -0.465 e. The molecule has 18 heavy (non-hydrogen) atoms. The van der Waals surface area contributed by atoms with Gasteiger partial charge >= 0.3 is 5.97 Å². The molecule has 0 aliphatic heterocycles. The molecule has 6 nitrogen and oxygen atoms in total. The van der Waals surface area contributed by atoms with Crippen molar-refractivity contribution in [1.82, 2.24) is 9.78 Å². The van der Waals surface area contributed by atoms with Crippen molar-refractivity contribution in [3.63, 3.8) is 0 Å². The third-order valence-corrected chi connectivity index (χ3v) is 2.43. The molecule has 0 N–H and O–H groups in total. The minimum atomic E-state index is -0.853. The molecule has 92 valence electrons. The highest BCUT2D eigenvalue weighted by molar-refractivity contribution is 5.88. The fourth-order valence-corrected chi connectivity index (χ4v) is 1.51. The van der Waals surface area contributed by atoms with Crippen LogP contribution in [0.3, 0.4) is 0 Å². The van der Waals surface area contributed by atoms with Crippen LogP contribution in [-0.2, 0) is 4.74 Å². The van der Waals surface area contributed by atoms with Crippen LogP contribution in [0.1, 0.15) is 22.8 Å². The molecule has 0 fully saturated rings. The van der Waals surface area contributed by atoms with E-state index in [1.54, 1.807) is 6.08 Å². The van der Waals surface area contributed by atoms with Gasteiger partial charge in [-0.1, -0.05) is 6.08 Å². The highest BCUT2D eigenvalue weighted by Gasteiger charge is 2.23. The summed E-state index contributed by atoms with van der Waals surface area (Å²) in [6.07, 6.45) is 4.81. The van der Waals surface area contributed by atoms with Crippen molar-refractivity contribution < 1.29 is 9.53 Å². The van der Waals surface area contributed by atoms with Crippen molar-refractivity contribution in [2.45, 2.75) is 12.5 Å². The zero-order valence-electron chi connectivity index (χ0n) is 9.91. The molecule has 1 heterocycles. The summed E-state index contributed by atoms with van der Waals surface area (Å²) in [6, 6.07) is 3.34. The van der Waals surface area contributed by atoms with Crippen molar-refractivity contribution in [2.24, 2.45) is 5.92 Å². The van der Waals surface area contributed by atoms with E-state index in [2.05, 4.69) is 16.4 Å². The topological polar surface area (TPSA) is 91.7 Å². The van der Waals surface area contributed by atoms with E-state index in [1.165, 1.54) is 24.2 Å². The van der Waals surface area contributed by atoms with Gasteiger partial charge in [-0.25, -0.2) is 4.79 Å². The van der Waals surface area contributed by atoms with Gasteiger partial charge in [-0.05, 0) is 6.42 Å². The molecule has 0 aliphatic carbocycles. The number of hydrogen-bond acceptors (Lipinski definition) is 5. The van der Waals surface area contributed by atoms with Crippen molar-refractivity contribution in [1.29, 1.82) is 10.5 Å². The molecule has 0 saturated heterocycles. The average Bonchev–Trinajstić information content (AvgIpc) is 2.87. The Morgan fingerprint density at radius 2 is 2.33 bits per heavy atom. The normalized spacial score (nSPS) is 11.3. The average molecular weight is 244 g/mol. The van der Waals surface area contributed by atoms with E-state index in [0.717, 1.165) is 0 Å². The molecule has 1 aromatic rings. The maximum absolute atomic E-state index is 11.3. The van der Waals surface area contributed by atoms with Crippen LogP contribution in [0.4, 0.5) is 0 Å². The third-order valence-electron chi connectivity index (χ3n) is 2.43. The molecule has 0 radical (unpaired) electrons. The third kappa shape index (κ3) is 2.74. The molecule has 0 aliphatic rings. The predicted molar refractivity (Wildman–Crippen MR) is 62.1 cm³/mol. The Hall–Kier alpha value is -2.60. The number of ether oxygens (including phenoxy) is 1. The predicted octanol–water partition coefficient (Wildman–Crippen LogP) is 1.45. The van der Waals surface area contributed by atoms with E-state index in [1.807, 2.05) is 12.1 Å². The standard InChI is InChI=1S/C12H12N4O2/c1-3-4-11(9(5-13)6-14)16-8-10(7-15-16)12(17)18-2/h3,7-9,11H,1,4H2,2H3. The van der Waals surface area contributed by atoms with Crippen molar-refractivity contribution in [3.8, 4) is 12.1 Å². The quantitative estimate of drug-likeness (QED) is 0.577. The van der Waals surface area contributed by atoms with Crippen LogP contribution in [0.15, 0.2) is 25.0 Å². The van der Waals surface area contributed by atoms with Gasteiger partial charge in [0.15, 0.2) is 5.92 Å². The van der Waals surface area contributed by atoms with Gasteiger partial charge in [-0.2, -0.15) is 15.6 Å². The maximum Gasteiger partial charge on any atom is 0.341 e. The van der Waals surface area contributed by atoms with Gasteiger partial charge in [-0.3, -0.25) is 4.68 Å². The molecule has 1 aromatic heterocycles. The summed E-state index contributed by atoms with van der Waals surface area (Å²) in [7, 11) is 1.27. The Balaban J connectivity index is 3.04. The van der Waals surface area contributed by atoms with Gasteiger partial charge < -0.3 is 4.74 Å². The summed E-state index contributed by atoms with van der Waals surface area (Å²) < 4.78 is 5.98. The molecular weight excluding hydrogens is 232 g/mol. The van der Waals surface area contributed by atoms with Gasteiger partial charge in [0.25, 0.3) is 0 Å². The number of allylic oxidation sites excluding steroid dienone is 1. The molecule has 0 aromatic carbocycles. The number of hydrogen-bond donors (Lipinski definition) is 0. The van der Waals surface area contributed by atoms with Gasteiger partial charge in [0.05, 0.1) is 37.1 Å². The lowest BCUT2D eigenvalue weighted by Gasteiger charge is -2.15. The van der Waals surface area contributed by atoms with Gasteiger partial charge in [0, 0.05) is 6.20 Å². The van der Waals surface area contributed by atoms with Crippen molar-refractivity contribution in [3.05, 3.63) is 30.6 Å². The van der Waals surface area contributed by atoms with Crippen LogP contribution in [-0.4, -0.2) is 22.9 Å². The number of nitrogens with zero attached hydrogens (tertiary/aromatic N) is 4. The number of carbonyl (C=O) groups is 1. The SMILES string of the molecule is C=CCC(C(C#N)C#N)n1cc(C(=O)OC)cn1. The highest BCUT2D eigenvalue weighted by atomic mass is 16.5. The first kappa shape index (κ1) is 13.5. The first-order valence-electron chi connectivity index (χ1n) is 5.20. The molecule has 0 saturated carbocycles. The van der Waals surface area contributed by atoms with E-state index in [-0.39, 0.29) is 5.56 Å². The van der Waals surface area contributed by atoms with E-state index >= 15 is 0 Å². The molecule has 1 unspecified atom stereocenters. The Morgan fingerprint density at radius 1 is 1.67 bits per heavy atom. The summed E-state index contributed by atoms with van der Waals surface area (Å²) in [6.45, 7) is 3.58. The Kier molecular flexibility index (Phi) is 4.65. The smallest absolute Gasteiger partial charge is 0.341 e. The summed E-state index contributed by atoms with van der Waals surface area (Å²) in [5.74, 6) is -1.36. The van der Waals surface area contributed by atoms with Crippen LogP contribution in [0.2, 0.25) is 0 Å². The maximum atomic E-state index is 11.3. The molecular formula is C12H12N4O2. The number of nitriles is 2. The zero-order chi connectivity index (χ0) is 13.5. The molecule has 1 atom stereocenters. The second kappa shape index (κ2) is 6.21. The minimum absolute atomic E-state index is 0.279. The molecule has 1 rings (SSSR count). The van der Waals surface area contributed by atoms with Gasteiger partial charge in [0.2, 0.25) is 0 Å². The number of rotatable bonds is 5. The van der Waals surface area contributed by atoms with E-state index in [4.69, 9.17) is 10.5 Å². The summed E-state index contributed by atoms with van der Waals surface area (Å²) >= 11 is 0. The molecule has 0 spiro atoms. The zero-order valence-corrected chi connectivity index (χ0v) is 9.91. The van der Waals surface area contributed by atoms with Gasteiger partial charge in [0.1, 0.15) is 0 Å². The molecule has 0 bridgehead atoms. The summed E-state index contributed by atoms with van der Waals surface area (Å²) in [5.41, 5.74) is 0.279. The lowest BCUT2D eigenvalue weighted by Crippen LogP contribution is -2.17. The summed E-state index contributed by atoms with van der Waals surface area (Å²) in [5, 5.41) is 21.8. The highest BCUT2D eigenvalue weighted by Crippen LogP contribution is 2.21. The Bertz CT molecular complexity index is 507. The van der Waals surface area contributed by atoms with Crippen LogP contribution in [0.25, 0.3) is 0 Å². The molecule has 6 heteroatoms. The van der Waals surface area contributed by atoms with Crippen LogP contribution >= 0.6 is 0 Å². The van der Waals surface area contributed by atoms with Crippen molar-refractivity contribution in [2.75, 3.05) is 7.11 Å². The van der Waals surface area contributed by atoms with E-state index in [9.17, 15) is 4.79 Å². The van der Waals surface area contributed by atoms with E-state index in [0.29, 0.717) is 6.42 Å². The van der Waals surface area contributed by atoms with Gasteiger partial charge in [-0.15, -0.1) is 6.58 Å². The first-order valence-corrected chi connectivity index (χ1v) is 5.20. The number of aromatic nitrogens is 2. The second-order valence-electron chi connectivity index (χ2n) is 3.53. The Labute approximate surface area is 105 Å². The first-order chi connectivity index (χ1) is 8.67. The number of carbonyl (C=O) groups excluding carboxylic acids is 1. The number of esters is 1. The van der Waals surface area contributed by atoms with Crippen LogP contribution < -0.4 is 0 Å². The fourth-order valence-electron chi connectivity index (χ4n) is 1.51. The van der Waals surface area contributed by atoms with Crippen molar-refractivity contribution >= 4 is 5.97 Å². The monoisotopic (exact) mass is 244 g/mol. The second-order valence-corrected chi connectivity index (χ2v) is 3.53.